The first kappa shape index (κ1) is 20.6. The third kappa shape index (κ3) is 8.00. The van der Waals surface area contributed by atoms with Gasteiger partial charge in [-0.3, -0.25) is 4.79 Å². The van der Waals surface area contributed by atoms with E-state index < -0.39 is 5.91 Å². The van der Waals surface area contributed by atoms with Crippen LogP contribution in [-0.2, 0) is 17.8 Å². The average molecular weight is 389 g/mol. The summed E-state index contributed by atoms with van der Waals surface area (Å²) in [5, 5.41) is 7.28. The molecule has 0 bridgehead atoms. The standard InChI is InChI=1S/C20H25ClN4O2/c1-2-23-20(24-10-9-15-5-3-7-17(21)11-15)25-13-16-6-4-8-18(12-16)27-14-19(22)26/h3-8,11-12H,2,9-10,13-14H2,1H3,(H2,22,26)(H2,23,24,25). The molecule has 2 rings (SSSR count). The van der Waals surface area contributed by atoms with E-state index in [4.69, 9.17) is 22.1 Å². The zero-order valence-electron chi connectivity index (χ0n) is 15.4. The maximum atomic E-state index is 10.8. The minimum Gasteiger partial charge on any atom is -0.484 e. The molecule has 27 heavy (non-hydrogen) atoms. The lowest BCUT2D eigenvalue weighted by atomic mass is 10.1. The molecule has 0 fully saturated rings. The number of guanidine groups is 1. The number of carbonyl (C=O) groups excluding carboxylic acids is 1. The van der Waals surface area contributed by atoms with Crippen LogP contribution in [0.1, 0.15) is 18.1 Å². The summed E-state index contributed by atoms with van der Waals surface area (Å²) in [5.41, 5.74) is 7.24. The molecule has 6 nitrogen and oxygen atoms in total. The molecule has 0 aliphatic heterocycles. The van der Waals surface area contributed by atoms with Crippen LogP contribution < -0.4 is 21.1 Å². The Kier molecular flexibility index (Phi) is 8.45. The van der Waals surface area contributed by atoms with Crippen molar-refractivity contribution in [2.75, 3.05) is 19.7 Å². The number of hydrogen-bond donors (Lipinski definition) is 3. The Bertz CT molecular complexity index is 780. The fourth-order valence-corrected chi connectivity index (χ4v) is 2.63. The van der Waals surface area contributed by atoms with Crippen molar-refractivity contribution in [2.45, 2.75) is 19.9 Å². The molecule has 0 heterocycles. The summed E-state index contributed by atoms with van der Waals surface area (Å²) in [7, 11) is 0. The van der Waals surface area contributed by atoms with Gasteiger partial charge in [0.1, 0.15) is 5.75 Å². The van der Waals surface area contributed by atoms with Gasteiger partial charge in [0.25, 0.3) is 5.91 Å². The van der Waals surface area contributed by atoms with E-state index in [0.717, 1.165) is 36.1 Å². The summed E-state index contributed by atoms with van der Waals surface area (Å²) in [6, 6.07) is 15.3. The highest BCUT2D eigenvalue weighted by atomic mass is 35.5. The Hall–Kier alpha value is -2.73. The minimum atomic E-state index is -0.503. The van der Waals surface area contributed by atoms with Crippen molar-refractivity contribution in [1.29, 1.82) is 0 Å². The topological polar surface area (TPSA) is 88.7 Å². The summed E-state index contributed by atoms with van der Waals surface area (Å²) in [6.45, 7) is 3.88. The lowest BCUT2D eigenvalue weighted by Gasteiger charge is -2.12. The number of aliphatic imine (C=N–C) groups is 1. The van der Waals surface area contributed by atoms with Crippen molar-refractivity contribution in [3.63, 3.8) is 0 Å². The molecule has 2 aromatic carbocycles. The zero-order chi connectivity index (χ0) is 19.5. The van der Waals surface area contributed by atoms with Gasteiger partial charge in [-0.2, -0.15) is 0 Å². The van der Waals surface area contributed by atoms with Gasteiger partial charge in [0, 0.05) is 18.1 Å². The zero-order valence-corrected chi connectivity index (χ0v) is 16.1. The van der Waals surface area contributed by atoms with E-state index in [1.165, 1.54) is 5.56 Å². The highest BCUT2D eigenvalue weighted by Crippen LogP contribution is 2.14. The fourth-order valence-electron chi connectivity index (χ4n) is 2.42. The molecule has 0 unspecified atom stereocenters. The van der Waals surface area contributed by atoms with Crippen molar-refractivity contribution in [3.8, 4) is 5.75 Å². The number of primary amides is 1. The molecule has 7 heteroatoms. The monoisotopic (exact) mass is 388 g/mol. The van der Waals surface area contributed by atoms with Crippen LogP contribution in [0.2, 0.25) is 5.02 Å². The van der Waals surface area contributed by atoms with Gasteiger partial charge in [0.2, 0.25) is 0 Å². The van der Waals surface area contributed by atoms with E-state index in [-0.39, 0.29) is 6.61 Å². The average Bonchev–Trinajstić information content (AvgIpc) is 2.65. The van der Waals surface area contributed by atoms with Crippen molar-refractivity contribution in [2.24, 2.45) is 10.7 Å². The molecule has 4 N–H and O–H groups in total. The third-order valence-electron chi connectivity index (χ3n) is 3.64. The first-order chi connectivity index (χ1) is 13.1. The van der Waals surface area contributed by atoms with E-state index >= 15 is 0 Å². The molecule has 0 aliphatic rings. The molecular weight excluding hydrogens is 364 g/mol. The number of halogens is 1. The molecule has 0 atom stereocenters. The molecule has 144 valence electrons. The van der Waals surface area contributed by atoms with Gasteiger partial charge >= 0.3 is 0 Å². The summed E-state index contributed by atoms with van der Waals surface area (Å²) >= 11 is 6.01. The number of benzene rings is 2. The smallest absolute Gasteiger partial charge is 0.255 e. The van der Waals surface area contributed by atoms with Gasteiger partial charge in [0.05, 0.1) is 6.54 Å². The molecule has 0 aromatic heterocycles. The summed E-state index contributed by atoms with van der Waals surface area (Å²) in [5.74, 6) is 0.833. The molecule has 0 radical (unpaired) electrons. The number of carbonyl (C=O) groups is 1. The van der Waals surface area contributed by atoms with Gasteiger partial charge in [-0.1, -0.05) is 35.9 Å². The van der Waals surface area contributed by atoms with Crippen molar-refractivity contribution >= 4 is 23.5 Å². The van der Waals surface area contributed by atoms with Crippen LogP contribution in [0.4, 0.5) is 0 Å². The lowest BCUT2D eigenvalue weighted by molar-refractivity contribution is -0.119. The summed E-state index contributed by atoms with van der Waals surface area (Å²) in [4.78, 5) is 15.4. The van der Waals surface area contributed by atoms with Gasteiger partial charge in [-0.05, 0) is 48.7 Å². The third-order valence-corrected chi connectivity index (χ3v) is 3.87. The number of nitrogens with zero attached hydrogens (tertiary/aromatic N) is 1. The van der Waals surface area contributed by atoms with Crippen LogP contribution in [0, 0.1) is 0 Å². The van der Waals surface area contributed by atoms with Crippen LogP contribution >= 0.6 is 11.6 Å². The summed E-state index contributed by atoms with van der Waals surface area (Å²) < 4.78 is 5.32. The highest BCUT2D eigenvalue weighted by molar-refractivity contribution is 6.30. The molecule has 0 saturated heterocycles. The maximum absolute atomic E-state index is 10.8. The second-order valence-electron chi connectivity index (χ2n) is 5.90. The number of amides is 1. The molecule has 0 spiro atoms. The number of ether oxygens (including phenoxy) is 1. The maximum Gasteiger partial charge on any atom is 0.255 e. The van der Waals surface area contributed by atoms with E-state index in [0.29, 0.717) is 12.3 Å². The predicted molar refractivity (Wildman–Crippen MR) is 109 cm³/mol. The Morgan fingerprint density at radius 1 is 1.15 bits per heavy atom. The normalized spacial score (nSPS) is 11.1. The second-order valence-corrected chi connectivity index (χ2v) is 6.34. The van der Waals surface area contributed by atoms with Crippen molar-refractivity contribution in [1.82, 2.24) is 10.6 Å². The second kappa shape index (κ2) is 11.1. The van der Waals surface area contributed by atoms with Crippen LogP contribution in [0.25, 0.3) is 0 Å². The summed E-state index contributed by atoms with van der Waals surface area (Å²) in [6.07, 6.45) is 0.849. The van der Waals surface area contributed by atoms with E-state index in [9.17, 15) is 4.79 Å². The molecular formula is C20H25ClN4O2. The Labute approximate surface area is 164 Å². The van der Waals surface area contributed by atoms with Crippen LogP contribution in [0.3, 0.4) is 0 Å². The Morgan fingerprint density at radius 2 is 1.93 bits per heavy atom. The molecule has 2 aromatic rings. The number of hydrogen-bond acceptors (Lipinski definition) is 3. The van der Waals surface area contributed by atoms with Crippen LogP contribution in [-0.4, -0.2) is 31.6 Å². The van der Waals surface area contributed by atoms with Gasteiger partial charge in [-0.15, -0.1) is 0 Å². The number of nitrogens with one attached hydrogen (secondary N) is 2. The predicted octanol–water partition coefficient (Wildman–Crippen LogP) is 2.50. The molecule has 0 saturated carbocycles. The Morgan fingerprint density at radius 3 is 2.67 bits per heavy atom. The quantitative estimate of drug-likeness (QED) is 0.455. The largest absolute Gasteiger partial charge is 0.484 e. The van der Waals surface area contributed by atoms with E-state index in [2.05, 4.69) is 21.7 Å². The molecule has 0 aliphatic carbocycles. The van der Waals surface area contributed by atoms with Crippen molar-refractivity contribution in [3.05, 3.63) is 64.7 Å². The van der Waals surface area contributed by atoms with Crippen LogP contribution in [0.5, 0.6) is 5.75 Å². The first-order valence-electron chi connectivity index (χ1n) is 8.83. The van der Waals surface area contributed by atoms with Crippen molar-refractivity contribution < 1.29 is 9.53 Å². The van der Waals surface area contributed by atoms with E-state index in [1.54, 1.807) is 6.07 Å². The number of rotatable bonds is 9. The van der Waals surface area contributed by atoms with Gasteiger partial charge in [-0.25, -0.2) is 4.99 Å². The van der Waals surface area contributed by atoms with Gasteiger partial charge < -0.3 is 21.1 Å². The van der Waals surface area contributed by atoms with E-state index in [1.807, 2.05) is 43.3 Å². The SMILES string of the molecule is CCNC(=NCc1cccc(OCC(N)=O)c1)NCCc1cccc(Cl)c1. The minimum absolute atomic E-state index is 0.138. The van der Waals surface area contributed by atoms with Crippen LogP contribution in [0.15, 0.2) is 53.5 Å². The Balaban J connectivity index is 1.90. The van der Waals surface area contributed by atoms with Gasteiger partial charge in [0.15, 0.2) is 12.6 Å². The highest BCUT2D eigenvalue weighted by Gasteiger charge is 2.02. The first-order valence-corrected chi connectivity index (χ1v) is 9.21. The lowest BCUT2D eigenvalue weighted by Crippen LogP contribution is -2.38. The molecule has 1 amide bonds. The number of nitrogens with two attached hydrogens (primary N) is 1. The fraction of sp³-hybridized carbons (Fsp3) is 0.300.